The number of rotatable bonds is 2. The van der Waals surface area contributed by atoms with Gasteiger partial charge in [0.05, 0.1) is 10.6 Å². The van der Waals surface area contributed by atoms with Crippen LogP contribution in [0, 0.1) is 6.92 Å². The summed E-state index contributed by atoms with van der Waals surface area (Å²) < 4.78 is 54.1. The highest BCUT2D eigenvalue weighted by Crippen LogP contribution is 2.21. The van der Waals surface area contributed by atoms with Crippen LogP contribution in [0.4, 0.5) is 5.69 Å². The molecule has 0 unspecified atom stereocenters. The lowest BCUT2D eigenvalue weighted by Crippen LogP contribution is -2.00. The van der Waals surface area contributed by atoms with Crippen LogP contribution in [0.1, 0.15) is 5.56 Å². The summed E-state index contributed by atoms with van der Waals surface area (Å²) >= 11 is 0. The lowest BCUT2D eigenvalue weighted by Gasteiger charge is -2.01. The van der Waals surface area contributed by atoms with Crippen molar-refractivity contribution >= 4 is 26.3 Å². The van der Waals surface area contributed by atoms with E-state index >= 15 is 0 Å². The number of nitrogens with zero attached hydrogens (tertiary/aromatic N) is 1. The van der Waals surface area contributed by atoms with Crippen LogP contribution in [-0.4, -0.2) is 21.4 Å². The predicted molar refractivity (Wildman–Crippen MR) is 52.0 cm³/mol. The van der Waals surface area contributed by atoms with Gasteiger partial charge in [-0.15, -0.1) is 4.36 Å². The molecule has 0 saturated carbocycles. The Labute approximate surface area is 88.0 Å². The summed E-state index contributed by atoms with van der Waals surface area (Å²) in [4.78, 5) is -0.353. The van der Waals surface area contributed by atoms with Crippen LogP contribution < -0.4 is 0 Å². The van der Waals surface area contributed by atoms with Gasteiger partial charge in [0.2, 0.25) is 0 Å². The van der Waals surface area contributed by atoms with Gasteiger partial charge in [0.25, 0.3) is 10.1 Å². The second kappa shape index (κ2) is 4.09. The molecule has 15 heavy (non-hydrogen) atoms. The largest absolute Gasteiger partial charge is 0.316 e. The predicted octanol–water partition coefficient (Wildman–Crippen LogP) is 0.936. The molecular formula is C7H7NO5S2. The molecule has 1 aromatic carbocycles. The molecule has 1 rings (SSSR count). The van der Waals surface area contributed by atoms with Gasteiger partial charge >= 0.3 is 10.5 Å². The van der Waals surface area contributed by atoms with Crippen molar-refractivity contribution in [2.24, 2.45) is 4.36 Å². The maximum Gasteiger partial charge on any atom is 0.316 e. The van der Waals surface area contributed by atoms with E-state index in [4.69, 9.17) is 4.55 Å². The van der Waals surface area contributed by atoms with Crippen molar-refractivity contribution in [1.82, 2.24) is 0 Å². The van der Waals surface area contributed by atoms with Gasteiger partial charge in [-0.1, -0.05) is 6.07 Å². The van der Waals surface area contributed by atoms with E-state index in [1.54, 1.807) is 0 Å². The fraction of sp³-hybridized carbons (Fsp3) is 0.143. The smallest absolute Gasteiger partial charge is 0.282 e. The zero-order valence-corrected chi connectivity index (χ0v) is 9.21. The second-order valence-corrected chi connectivity index (χ2v) is 4.74. The third-order valence-corrected chi connectivity index (χ3v) is 2.99. The lowest BCUT2D eigenvalue weighted by atomic mass is 10.2. The molecule has 1 aromatic rings. The Morgan fingerprint density at radius 3 is 2.40 bits per heavy atom. The van der Waals surface area contributed by atoms with E-state index in [0.29, 0.717) is 5.56 Å². The van der Waals surface area contributed by atoms with Crippen molar-refractivity contribution in [3.63, 3.8) is 0 Å². The fourth-order valence-corrected chi connectivity index (χ4v) is 2.04. The standard InChI is InChI=1S/C7H7NO5S2/c1-5-2-3-6(8-14(9)10)4-7(5)15(11,12)13/h2-4H,1H3,(H,11,12,13). The van der Waals surface area contributed by atoms with Crippen molar-refractivity contribution in [2.75, 3.05) is 0 Å². The minimum Gasteiger partial charge on any atom is -0.282 e. The highest BCUT2D eigenvalue weighted by Gasteiger charge is 2.13. The minimum absolute atomic E-state index is 0.0541. The highest BCUT2D eigenvalue weighted by atomic mass is 32.2. The molecule has 0 atom stereocenters. The molecule has 0 heterocycles. The Morgan fingerprint density at radius 2 is 1.93 bits per heavy atom. The zero-order valence-electron chi connectivity index (χ0n) is 7.58. The van der Waals surface area contributed by atoms with Gasteiger partial charge in [-0.3, -0.25) is 4.55 Å². The van der Waals surface area contributed by atoms with E-state index < -0.39 is 20.6 Å². The maximum atomic E-state index is 10.9. The SMILES string of the molecule is Cc1ccc(N=S(=O)=O)cc1S(=O)(=O)O. The first-order valence-corrected chi connectivity index (χ1v) is 6.17. The Kier molecular flexibility index (Phi) is 3.22. The van der Waals surface area contributed by atoms with Crippen LogP contribution in [-0.2, 0) is 20.6 Å². The summed E-state index contributed by atoms with van der Waals surface area (Å²) in [6.07, 6.45) is 0. The van der Waals surface area contributed by atoms with Gasteiger partial charge in [0.15, 0.2) is 0 Å². The van der Waals surface area contributed by atoms with Crippen molar-refractivity contribution in [3.8, 4) is 0 Å². The zero-order chi connectivity index (χ0) is 11.6. The van der Waals surface area contributed by atoms with E-state index in [-0.39, 0.29) is 10.6 Å². The van der Waals surface area contributed by atoms with Crippen LogP contribution in [0.5, 0.6) is 0 Å². The summed E-state index contributed by atoms with van der Waals surface area (Å²) in [5, 5.41) is 0. The second-order valence-electron chi connectivity index (χ2n) is 2.73. The molecule has 6 nitrogen and oxygen atoms in total. The molecule has 8 heteroatoms. The van der Waals surface area contributed by atoms with Crippen LogP contribution in [0.2, 0.25) is 0 Å². The topological polar surface area (TPSA) is 101 Å². The molecule has 0 aliphatic heterocycles. The fourth-order valence-electron chi connectivity index (χ4n) is 1.01. The number of aryl methyl sites for hydroxylation is 1. The van der Waals surface area contributed by atoms with Gasteiger partial charge in [0, 0.05) is 0 Å². The summed E-state index contributed by atoms with van der Waals surface area (Å²) in [6, 6.07) is 3.68. The lowest BCUT2D eigenvalue weighted by molar-refractivity contribution is 0.482. The molecule has 1 N–H and O–H groups in total. The first-order chi connectivity index (χ1) is 6.80. The summed E-state index contributed by atoms with van der Waals surface area (Å²) in [6.45, 7) is 1.47. The van der Waals surface area contributed by atoms with Crippen LogP contribution >= 0.6 is 0 Å². The summed E-state index contributed by atoms with van der Waals surface area (Å²) in [5.41, 5.74) is 0.259. The summed E-state index contributed by atoms with van der Waals surface area (Å²) in [7, 11) is -7.01. The molecule has 0 aromatic heterocycles. The number of hydrogen-bond donors (Lipinski definition) is 1. The van der Waals surface area contributed by atoms with Crippen molar-refractivity contribution < 1.29 is 21.4 Å². The van der Waals surface area contributed by atoms with Crippen LogP contribution in [0.3, 0.4) is 0 Å². The van der Waals surface area contributed by atoms with Gasteiger partial charge < -0.3 is 0 Å². The average Bonchev–Trinajstić information content (AvgIpc) is 2.05. The molecule has 0 spiro atoms. The number of benzene rings is 1. The van der Waals surface area contributed by atoms with Crippen LogP contribution in [0.25, 0.3) is 0 Å². The van der Waals surface area contributed by atoms with E-state index in [1.807, 2.05) is 0 Å². The molecule has 0 fully saturated rings. The molecule has 0 aliphatic carbocycles. The quantitative estimate of drug-likeness (QED) is 0.786. The Hall–Kier alpha value is -1.25. The first kappa shape index (κ1) is 11.8. The molecule has 82 valence electrons. The Morgan fingerprint density at radius 1 is 1.33 bits per heavy atom. The molecule has 0 amide bonds. The van der Waals surface area contributed by atoms with E-state index in [2.05, 4.69) is 4.36 Å². The monoisotopic (exact) mass is 249 g/mol. The number of hydrogen-bond acceptors (Lipinski definition) is 5. The highest BCUT2D eigenvalue weighted by molar-refractivity contribution is 7.85. The van der Waals surface area contributed by atoms with Crippen LogP contribution in [0.15, 0.2) is 27.5 Å². The maximum absolute atomic E-state index is 10.9. The summed E-state index contributed by atoms with van der Waals surface area (Å²) in [5.74, 6) is 0. The third-order valence-electron chi connectivity index (χ3n) is 1.63. The van der Waals surface area contributed by atoms with Crippen molar-refractivity contribution in [1.29, 1.82) is 0 Å². The van der Waals surface area contributed by atoms with E-state index in [9.17, 15) is 16.8 Å². The molecule has 0 saturated heterocycles. The molecule has 0 bridgehead atoms. The van der Waals surface area contributed by atoms with E-state index in [0.717, 1.165) is 6.07 Å². The molecule has 0 radical (unpaired) electrons. The van der Waals surface area contributed by atoms with Crippen molar-refractivity contribution in [2.45, 2.75) is 11.8 Å². The van der Waals surface area contributed by atoms with Gasteiger partial charge in [-0.2, -0.15) is 16.8 Å². The molecule has 0 aliphatic rings. The molecular weight excluding hydrogens is 242 g/mol. The van der Waals surface area contributed by atoms with Gasteiger partial charge in [-0.05, 0) is 24.6 Å². The van der Waals surface area contributed by atoms with E-state index in [1.165, 1.54) is 19.1 Å². The van der Waals surface area contributed by atoms with Crippen molar-refractivity contribution in [3.05, 3.63) is 23.8 Å². The van der Waals surface area contributed by atoms with Gasteiger partial charge in [0.1, 0.15) is 0 Å². The average molecular weight is 249 g/mol. The minimum atomic E-state index is -4.35. The Balaban J connectivity index is 3.49. The Bertz CT molecular complexity index is 607. The third kappa shape index (κ3) is 3.11. The van der Waals surface area contributed by atoms with Gasteiger partial charge in [-0.25, -0.2) is 0 Å². The normalized spacial score (nSPS) is 11.1. The first-order valence-electron chi connectivity index (χ1n) is 3.70.